The van der Waals surface area contributed by atoms with Crippen molar-refractivity contribution in [3.63, 3.8) is 0 Å². The van der Waals surface area contributed by atoms with Crippen molar-refractivity contribution in [2.45, 2.75) is 4.90 Å². The summed E-state index contributed by atoms with van der Waals surface area (Å²) in [7, 11) is 0. The normalized spacial score (nSPS) is 10.5. The molecule has 0 spiro atoms. The minimum atomic E-state index is -0.472. The van der Waals surface area contributed by atoms with E-state index in [1.165, 1.54) is 23.9 Å². The highest BCUT2D eigenvalue weighted by Crippen LogP contribution is 2.24. The maximum atomic E-state index is 13.1. The predicted octanol–water partition coefficient (Wildman–Crippen LogP) is 5.11. The summed E-state index contributed by atoms with van der Waals surface area (Å²) in [5, 5.41) is 0.874. The Morgan fingerprint density at radius 3 is 2.68 bits per heavy atom. The van der Waals surface area contributed by atoms with Crippen LogP contribution in [0.3, 0.4) is 0 Å². The number of carbonyl (C=O) groups excluding carboxylic acids is 1. The van der Waals surface area contributed by atoms with Gasteiger partial charge >= 0.3 is 0 Å². The second-order valence-corrected chi connectivity index (χ2v) is 5.69. The van der Waals surface area contributed by atoms with Crippen LogP contribution in [0.4, 0.5) is 4.39 Å². The van der Waals surface area contributed by atoms with Crippen LogP contribution < -0.4 is 0 Å². The van der Waals surface area contributed by atoms with Gasteiger partial charge in [-0.25, -0.2) is 4.39 Å². The Morgan fingerprint density at radius 2 is 1.95 bits per heavy atom. The predicted molar refractivity (Wildman–Crippen MR) is 77.9 cm³/mol. The molecule has 0 bridgehead atoms. The van der Waals surface area contributed by atoms with Crippen molar-refractivity contribution in [1.29, 1.82) is 0 Å². The fraction of sp³-hybridized carbons (Fsp3) is 0.0714. The van der Waals surface area contributed by atoms with Crippen LogP contribution in [-0.4, -0.2) is 11.5 Å². The minimum absolute atomic E-state index is 0.184. The summed E-state index contributed by atoms with van der Waals surface area (Å²) in [6, 6.07) is 11.0. The lowest BCUT2D eigenvalue weighted by Gasteiger charge is -2.04. The van der Waals surface area contributed by atoms with Crippen LogP contribution in [0, 0.1) is 5.82 Å². The van der Waals surface area contributed by atoms with E-state index in [4.69, 9.17) is 23.2 Å². The molecule has 2 rings (SSSR count). The first kappa shape index (κ1) is 14.4. The second-order valence-electron chi connectivity index (χ2n) is 3.79. The van der Waals surface area contributed by atoms with Gasteiger partial charge in [-0.05, 0) is 36.4 Å². The lowest BCUT2D eigenvalue weighted by molar-refractivity contribution is 0.102. The molecular formula is C14H9Cl2FOS. The third kappa shape index (κ3) is 3.96. The van der Waals surface area contributed by atoms with Crippen molar-refractivity contribution in [2.75, 3.05) is 5.75 Å². The van der Waals surface area contributed by atoms with E-state index in [1.807, 2.05) is 12.1 Å². The van der Waals surface area contributed by atoms with Gasteiger partial charge < -0.3 is 0 Å². The van der Waals surface area contributed by atoms with Gasteiger partial charge in [0.15, 0.2) is 5.78 Å². The smallest absolute Gasteiger partial charge is 0.174 e. The highest BCUT2D eigenvalue weighted by Gasteiger charge is 2.12. The fourth-order valence-electron chi connectivity index (χ4n) is 1.49. The van der Waals surface area contributed by atoms with Gasteiger partial charge in [0.05, 0.1) is 10.8 Å². The molecule has 0 N–H and O–H groups in total. The van der Waals surface area contributed by atoms with Gasteiger partial charge in [0.1, 0.15) is 5.82 Å². The Morgan fingerprint density at radius 1 is 1.16 bits per heavy atom. The monoisotopic (exact) mass is 314 g/mol. The molecule has 2 aromatic rings. The molecule has 0 aliphatic carbocycles. The first-order valence-electron chi connectivity index (χ1n) is 5.43. The van der Waals surface area contributed by atoms with Crippen molar-refractivity contribution in [1.82, 2.24) is 0 Å². The van der Waals surface area contributed by atoms with Gasteiger partial charge in [0, 0.05) is 15.5 Å². The molecule has 0 radical (unpaired) electrons. The van der Waals surface area contributed by atoms with Crippen LogP contribution >= 0.6 is 35.0 Å². The quantitative estimate of drug-likeness (QED) is 0.576. The third-order valence-electron chi connectivity index (χ3n) is 2.39. The van der Waals surface area contributed by atoms with Gasteiger partial charge in [-0.15, -0.1) is 11.8 Å². The molecule has 1 nitrogen and oxygen atoms in total. The molecule has 0 saturated carbocycles. The standard InChI is InChI=1S/C14H9Cl2FOS/c15-9-2-1-3-11(6-9)19-8-14(18)12-7-10(17)4-5-13(12)16/h1-7H,8H2. The number of hydrogen-bond donors (Lipinski definition) is 0. The van der Waals surface area contributed by atoms with Gasteiger partial charge in [-0.1, -0.05) is 29.3 Å². The van der Waals surface area contributed by atoms with Crippen molar-refractivity contribution < 1.29 is 9.18 Å². The van der Waals surface area contributed by atoms with E-state index in [2.05, 4.69) is 0 Å². The zero-order chi connectivity index (χ0) is 13.8. The summed E-state index contributed by atoms with van der Waals surface area (Å²) in [6.07, 6.45) is 0. The number of ketones is 1. The maximum Gasteiger partial charge on any atom is 0.174 e. The molecule has 0 saturated heterocycles. The first-order chi connectivity index (χ1) is 9.06. The molecule has 98 valence electrons. The third-order valence-corrected chi connectivity index (χ3v) is 3.95. The van der Waals surface area contributed by atoms with E-state index in [1.54, 1.807) is 12.1 Å². The average molecular weight is 315 g/mol. The Kier molecular flexibility index (Phi) is 4.86. The van der Waals surface area contributed by atoms with Crippen molar-refractivity contribution in [3.05, 3.63) is 63.9 Å². The summed E-state index contributed by atoms with van der Waals surface area (Å²) in [4.78, 5) is 12.9. The largest absolute Gasteiger partial charge is 0.293 e. The van der Waals surface area contributed by atoms with Crippen LogP contribution in [0.25, 0.3) is 0 Å². The number of carbonyl (C=O) groups is 1. The summed E-state index contributed by atoms with van der Waals surface area (Å²) in [6.45, 7) is 0. The lowest BCUT2D eigenvalue weighted by atomic mass is 10.1. The molecule has 2 aromatic carbocycles. The highest BCUT2D eigenvalue weighted by atomic mass is 35.5. The Labute approximate surface area is 124 Å². The number of rotatable bonds is 4. The van der Waals surface area contributed by atoms with Crippen LogP contribution in [0.1, 0.15) is 10.4 Å². The Hall–Kier alpha value is -1.03. The topological polar surface area (TPSA) is 17.1 Å². The van der Waals surface area contributed by atoms with E-state index in [-0.39, 0.29) is 22.1 Å². The Balaban J connectivity index is 2.07. The number of benzene rings is 2. The van der Waals surface area contributed by atoms with Crippen LogP contribution in [-0.2, 0) is 0 Å². The number of thioether (sulfide) groups is 1. The number of hydrogen-bond acceptors (Lipinski definition) is 2. The van der Waals surface area contributed by atoms with E-state index in [0.29, 0.717) is 5.02 Å². The molecule has 19 heavy (non-hydrogen) atoms. The van der Waals surface area contributed by atoms with Gasteiger partial charge in [0.25, 0.3) is 0 Å². The van der Waals surface area contributed by atoms with Gasteiger partial charge in [-0.3, -0.25) is 4.79 Å². The molecule has 0 aliphatic heterocycles. The summed E-state index contributed by atoms with van der Waals surface area (Å²) in [5.41, 5.74) is 0.205. The molecule has 0 atom stereocenters. The maximum absolute atomic E-state index is 13.1. The van der Waals surface area contributed by atoms with E-state index >= 15 is 0 Å². The van der Waals surface area contributed by atoms with E-state index in [9.17, 15) is 9.18 Å². The molecule has 0 fully saturated rings. The second kappa shape index (κ2) is 6.42. The van der Waals surface area contributed by atoms with Crippen LogP contribution in [0.5, 0.6) is 0 Å². The number of Topliss-reactive ketones (excluding diaryl/α,β-unsaturated/α-hetero) is 1. The van der Waals surface area contributed by atoms with Crippen molar-refractivity contribution in [3.8, 4) is 0 Å². The van der Waals surface area contributed by atoms with Crippen molar-refractivity contribution in [2.24, 2.45) is 0 Å². The average Bonchev–Trinajstić information content (AvgIpc) is 2.39. The summed E-state index contributed by atoms with van der Waals surface area (Å²) < 4.78 is 13.1. The lowest BCUT2D eigenvalue weighted by Crippen LogP contribution is -2.03. The van der Waals surface area contributed by atoms with Gasteiger partial charge in [0.2, 0.25) is 0 Å². The Bertz CT molecular complexity index is 616. The molecular weight excluding hydrogens is 306 g/mol. The van der Waals surface area contributed by atoms with Crippen molar-refractivity contribution >= 4 is 40.7 Å². The number of halogens is 3. The fourth-order valence-corrected chi connectivity index (χ4v) is 2.81. The molecule has 0 aromatic heterocycles. The minimum Gasteiger partial charge on any atom is -0.293 e. The highest BCUT2D eigenvalue weighted by molar-refractivity contribution is 8.00. The van der Waals surface area contributed by atoms with Crippen LogP contribution in [0.2, 0.25) is 10.0 Å². The SMILES string of the molecule is O=C(CSc1cccc(Cl)c1)c1cc(F)ccc1Cl. The molecule has 0 heterocycles. The van der Waals surface area contributed by atoms with E-state index in [0.717, 1.165) is 11.0 Å². The molecule has 0 amide bonds. The van der Waals surface area contributed by atoms with Gasteiger partial charge in [-0.2, -0.15) is 0 Å². The zero-order valence-corrected chi connectivity index (χ0v) is 12.0. The summed E-state index contributed by atoms with van der Waals surface area (Å²) in [5.74, 6) is -0.501. The van der Waals surface area contributed by atoms with Crippen LogP contribution in [0.15, 0.2) is 47.4 Å². The molecule has 0 aliphatic rings. The molecule has 0 unspecified atom stereocenters. The molecule has 5 heteroatoms. The van der Waals surface area contributed by atoms with E-state index < -0.39 is 5.82 Å². The summed E-state index contributed by atoms with van der Waals surface area (Å²) >= 11 is 13.1. The first-order valence-corrected chi connectivity index (χ1v) is 7.17. The zero-order valence-electron chi connectivity index (χ0n) is 9.70.